The van der Waals surface area contributed by atoms with Gasteiger partial charge in [-0.3, -0.25) is 9.29 Å². The molecule has 1 heterocycles. The Hall–Kier alpha value is -3.45. The average Bonchev–Trinajstić information content (AvgIpc) is 3.28. The maximum Gasteiger partial charge on any atom is 0.178 e. The summed E-state index contributed by atoms with van der Waals surface area (Å²) in [6.45, 7) is 9.62. The highest BCUT2D eigenvalue weighted by molar-refractivity contribution is 6.00. The molecule has 1 aliphatic heterocycles. The minimum Gasteiger partial charge on any atom is -0.497 e. The first-order valence-corrected chi connectivity index (χ1v) is 14.9. The molecular weight excluding hydrogens is 529 g/mol. The smallest absolute Gasteiger partial charge is 0.178 e. The first-order valence-electron chi connectivity index (χ1n) is 14.9. The molecule has 6 heteroatoms. The van der Waals surface area contributed by atoms with E-state index >= 15 is 0 Å². The van der Waals surface area contributed by atoms with E-state index in [2.05, 4.69) is 42.7 Å². The number of aliphatic hydroxyl groups is 2. The van der Waals surface area contributed by atoms with Gasteiger partial charge in [0, 0.05) is 18.7 Å². The molecule has 1 unspecified atom stereocenters. The van der Waals surface area contributed by atoms with Crippen LogP contribution in [0, 0.1) is 6.92 Å². The van der Waals surface area contributed by atoms with Crippen molar-refractivity contribution in [3.8, 4) is 11.5 Å². The number of allylic oxidation sites excluding steroid dienone is 1. The fourth-order valence-electron chi connectivity index (χ4n) is 6.64. The number of methoxy groups -OCH3 is 1. The predicted molar refractivity (Wildman–Crippen MR) is 166 cm³/mol. The average molecular weight is 572 g/mol. The highest BCUT2D eigenvalue weighted by atomic mass is 19.1. The van der Waals surface area contributed by atoms with E-state index in [1.807, 2.05) is 37.3 Å². The van der Waals surface area contributed by atoms with Crippen molar-refractivity contribution < 1.29 is 24.1 Å². The van der Waals surface area contributed by atoms with Gasteiger partial charge < -0.3 is 19.7 Å². The van der Waals surface area contributed by atoms with Crippen molar-refractivity contribution in [2.45, 2.75) is 64.4 Å². The van der Waals surface area contributed by atoms with Gasteiger partial charge in [0.15, 0.2) is 6.29 Å². The molecule has 2 atom stereocenters. The topological polar surface area (TPSA) is 62.2 Å². The highest BCUT2D eigenvalue weighted by Gasteiger charge is 2.36. The number of ether oxygens (including phenoxy) is 2. The zero-order valence-corrected chi connectivity index (χ0v) is 24.9. The van der Waals surface area contributed by atoms with Crippen molar-refractivity contribution in [1.29, 1.82) is 0 Å². The molecule has 0 radical (unpaired) electrons. The first kappa shape index (κ1) is 30.0. The third-order valence-electron chi connectivity index (χ3n) is 8.59. The number of likely N-dealkylation sites (tertiary alicyclic amines) is 1. The largest absolute Gasteiger partial charge is 0.497 e. The second kappa shape index (κ2) is 13.2. The third kappa shape index (κ3) is 6.31. The van der Waals surface area contributed by atoms with Gasteiger partial charge in [0.25, 0.3) is 0 Å². The molecule has 1 aliphatic carbocycles. The normalized spacial score (nSPS) is 19.1. The van der Waals surface area contributed by atoms with Crippen molar-refractivity contribution >= 4 is 11.1 Å². The van der Waals surface area contributed by atoms with Crippen LogP contribution < -0.4 is 9.47 Å². The van der Waals surface area contributed by atoms with Gasteiger partial charge in [0.1, 0.15) is 17.6 Å². The first-order chi connectivity index (χ1) is 20.3. The van der Waals surface area contributed by atoms with E-state index in [-0.39, 0.29) is 18.8 Å². The minimum absolute atomic E-state index is 0.0216. The Bertz CT molecular complexity index is 1450. The van der Waals surface area contributed by atoms with Crippen molar-refractivity contribution in [3.05, 3.63) is 106 Å². The molecule has 0 amide bonds. The summed E-state index contributed by atoms with van der Waals surface area (Å²) < 4.78 is 24.9. The molecule has 1 saturated heterocycles. The lowest BCUT2D eigenvalue weighted by Gasteiger charge is -2.28. The van der Waals surface area contributed by atoms with E-state index in [4.69, 9.17) is 9.47 Å². The van der Waals surface area contributed by atoms with Crippen LogP contribution in [0.15, 0.2) is 72.8 Å². The number of hydrogen-bond acceptors (Lipinski definition) is 5. The van der Waals surface area contributed by atoms with Gasteiger partial charge in [-0.2, -0.15) is 0 Å². The molecule has 5 rings (SSSR count). The van der Waals surface area contributed by atoms with Crippen molar-refractivity contribution in [2.24, 2.45) is 0 Å². The van der Waals surface area contributed by atoms with Crippen LogP contribution in [0.1, 0.15) is 72.3 Å². The number of hydrogen-bond donors (Lipinski definition) is 2. The molecule has 0 aromatic heterocycles. The highest BCUT2D eigenvalue weighted by Crippen LogP contribution is 2.42. The Morgan fingerprint density at radius 1 is 1.02 bits per heavy atom. The molecule has 0 saturated carbocycles. The number of rotatable bonds is 10. The number of benzene rings is 3. The maximum absolute atomic E-state index is 12.9. The Morgan fingerprint density at radius 2 is 1.76 bits per heavy atom. The molecule has 2 aliphatic rings. The summed E-state index contributed by atoms with van der Waals surface area (Å²) in [5, 5.41) is 19.7. The zero-order chi connectivity index (χ0) is 29.8. The summed E-state index contributed by atoms with van der Waals surface area (Å²) in [5.41, 5.74) is 9.61. The number of nitrogens with zero attached hydrogens (tertiary/aromatic N) is 1. The van der Waals surface area contributed by atoms with Crippen LogP contribution >= 0.6 is 0 Å². The van der Waals surface area contributed by atoms with Gasteiger partial charge in [-0.05, 0) is 109 Å². The van der Waals surface area contributed by atoms with Gasteiger partial charge in [0.2, 0.25) is 0 Å². The Balaban J connectivity index is 1.53. The standard InChI is InChI=1S/C36H42FNO4/c1-23(2)35-33(17-20-38(35)19-6-18-37)42-28-12-9-25(10-13-28)34-31-15-11-27(36(39)40)22-26(31)7-5-8-32(34)30-16-14-29(41-4)21-24(30)3/h9-16,21-22,33,35-36,39-40H,1,5-8,17-20H2,2-4H3/t33-,35?/m0/s1. The summed E-state index contributed by atoms with van der Waals surface area (Å²) in [6, 6.07) is 20.4. The Labute approximate surface area is 248 Å². The van der Waals surface area contributed by atoms with E-state index in [9.17, 15) is 14.6 Å². The number of aliphatic hydroxyl groups excluding tert-OH is 1. The molecule has 5 nitrogen and oxygen atoms in total. The van der Waals surface area contributed by atoms with E-state index in [1.54, 1.807) is 13.2 Å². The second-order valence-corrected chi connectivity index (χ2v) is 11.5. The van der Waals surface area contributed by atoms with Crippen molar-refractivity contribution in [1.82, 2.24) is 4.90 Å². The Kier molecular flexibility index (Phi) is 9.47. The molecule has 3 aromatic rings. The lowest BCUT2D eigenvalue weighted by Crippen LogP contribution is -2.39. The SMILES string of the molecule is C=C(C)C1[C@@H](Oc2ccc(C3=C(c4ccc(OC)cc4C)CCCc4cc(C(O)O)ccc43)cc2)CCN1CCCF. The number of alkyl halides is 1. The van der Waals surface area contributed by atoms with Gasteiger partial charge in [0.05, 0.1) is 19.8 Å². The lowest BCUT2D eigenvalue weighted by atomic mass is 9.86. The summed E-state index contributed by atoms with van der Waals surface area (Å²) in [6.07, 6.45) is 2.57. The number of fused-ring (bicyclic) bond motifs is 1. The fourth-order valence-corrected chi connectivity index (χ4v) is 6.64. The van der Waals surface area contributed by atoms with E-state index < -0.39 is 6.29 Å². The minimum atomic E-state index is -1.50. The monoisotopic (exact) mass is 571 g/mol. The summed E-state index contributed by atoms with van der Waals surface area (Å²) in [5.74, 6) is 1.64. The molecule has 0 bridgehead atoms. The predicted octanol–water partition coefficient (Wildman–Crippen LogP) is 7.04. The van der Waals surface area contributed by atoms with E-state index in [0.717, 1.165) is 77.1 Å². The van der Waals surface area contributed by atoms with Crippen molar-refractivity contribution in [3.63, 3.8) is 0 Å². The lowest BCUT2D eigenvalue weighted by molar-refractivity contribution is -0.0425. The molecule has 3 aromatic carbocycles. The molecule has 0 spiro atoms. The quantitative estimate of drug-likeness (QED) is 0.202. The van der Waals surface area contributed by atoms with E-state index in [1.165, 1.54) is 11.1 Å². The summed E-state index contributed by atoms with van der Waals surface area (Å²) in [7, 11) is 1.68. The molecule has 42 heavy (non-hydrogen) atoms. The van der Waals surface area contributed by atoms with Crippen LogP contribution in [0.5, 0.6) is 11.5 Å². The van der Waals surface area contributed by atoms with Crippen LogP contribution in [0.2, 0.25) is 0 Å². The van der Waals surface area contributed by atoms with Gasteiger partial charge >= 0.3 is 0 Å². The Morgan fingerprint density at radius 3 is 2.43 bits per heavy atom. The van der Waals surface area contributed by atoms with Gasteiger partial charge in [-0.15, -0.1) is 0 Å². The fraction of sp³-hybridized carbons (Fsp3) is 0.389. The summed E-state index contributed by atoms with van der Waals surface area (Å²) in [4.78, 5) is 2.29. The van der Waals surface area contributed by atoms with Crippen LogP contribution in [-0.2, 0) is 6.42 Å². The van der Waals surface area contributed by atoms with Crippen LogP contribution in [0.25, 0.3) is 11.1 Å². The van der Waals surface area contributed by atoms with Crippen molar-refractivity contribution in [2.75, 3.05) is 26.9 Å². The molecule has 1 fully saturated rings. The number of aryl methyl sites for hydroxylation is 2. The maximum atomic E-state index is 12.9. The summed E-state index contributed by atoms with van der Waals surface area (Å²) >= 11 is 0. The van der Waals surface area contributed by atoms with Crippen LogP contribution in [0.3, 0.4) is 0 Å². The zero-order valence-electron chi connectivity index (χ0n) is 24.9. The van der Waals surface area contributed by atoms with Gasteiger partial charge in [-0.25, -0.2) is 0 Å². The molecule has 2 N–H and O–H groups in total. The molecule has 222 valence electrons. The third-order valence-corrected chi connectivity index (χ3v) is 8.59. The van der Waals surface area contributed by atoms with Crippen LogP contribution in [-0.4, -0.2) is 54.1 Å². The molecular formula is C36H42FNO4. The van der Waals surface area contributed by atoms with Crippen LogP contribution in [0.4, 0.5) is 4.39 Å². The van der Waals surface area contributed by atoms with Gasteiger partial charge in [-0.1, -0.05) is 48.6 Å². The number of halogens is 1. The second-order valence-electron chi connectivity index (χ2n) is 11.5. The van der Waals surface area contributed by atoms with E-state index in [0.29, 0.717) is 18.5 Å².